The Bertz CT molecular complexity index is 141. The molecule has 0 aromatic heterocycles. The molecule has 0 radical (unpaired) electrons. The summed E-state index contributed by atoms with van der Waals surface area (Å²) in [6.45, 7) is 9.28. The number of nitrogens with zero attached hydrogens (tertiary/aromatic N) is 1. The summed E-state index contributed by atoms with van der Waals surface area (Å²) in [5.41, 5.74) is 5.94. The van der Waals surface area contributed by atoms with Gasteiger partial charge >= 0.3 is 0 Å². The van der Waals surface area contributed by atoms with Crippen LogP contribution in [0.3, 0.4) is 0 Å². The molecule has 3 heteroatoms. The predicted octanol–water partition coefficient (Wildman–Crippen LogP) is 0.692. The number of rotatable bonds is 4. The summed E-state index contributed by atoms with van der Waals surface area (Å²) < 4.78 is 5.33. The van der Waals surface area contributed by atoms with Crippen molar-refractivity contribution in [3.63, 3.8) is 0 Å². The van der Waals surface area contributed by atoms with Crippen LogP contribution in [0.15, 0.2) is 0 Å². The lowest BCUT2D eigenvalue weighted by Gasteiger charge is -2.34. The standard InChI is InChI=1S/C10H22N2O/c1-3-13-7-6-12-5-4-10(11)9(2)8-12/h9-10H,3-8,11H2,1-2H3. The lowest BCUT2D eigenvalue weighted by molar-refractivity contribution is 0.0891. The highest BCUT2D eigenvalue weighted by Gasteiger charge is 2.22. The SMILES string of the molecule is CCOCCN1CCC(N)C(C)C1. The molecule has 3 nitrogen and oxygen atoms in total. The molecular weight excluding hydrogens is 164 g/mol. The molecule has 1 saturated heterocycles. The Morgan fingerprint density at radius 3 is 2.92 bits per heavy atom. The monoisotopic (exact) mass is 186 g/mol. The molecule has 0 amide bonds. The molecule has 2 atom stereocenters. The molecule has 2 unspecified atom stereocenters. The molecule has 1 aliphatic rings. The Labute approximate surface area is 81.2 Å². The van der Waals surface area contributed by atoms with Crippen molar-refractivity contribution in [2.24, 2.45) is 11.7 Å². The van der Waals surface area contributed by atoms with Crippen molar-refractivity contribution in [3.8, 4) is 0 Å². The van der Waals surface area contributed by atoms with Gasteiger partial charge in [-0.15, -0.1) is 0 Å². The fourth-order valence-electron chi connectivity index (χ4n) is 1.79. The van der Waals surface area contributed by atoms with Gasteiger partial charge in [0.2, 0.25) is 0 Å². The van der Waals surface area contributed by atoms with Crippen molar-refractivity contribution in [2.45, 2.75) is 26.3 Å². The highest BCUT2D eigenvalue weighted by molar-refractivity contribution is 4.79. The topological polar surface area (TPSA) is 38.5 Å². The molecule has 0 aromatic rings. The predicted molar refractivity (Wildman–Crippen MR) is 54.7 cm³/mol. The van der Waals surface area contributed by atoms with Crippen molar-refractivity contribution in [1.82, 2.24) is 4.90 Å². The van der Waals surface area contributed by atoms with Crippen LogP contribution in [0.5, 0.6) is 0 Å². The minimum absolute atomic E-state index is 0.406. The maximum Gasteiger partial charge on any atom is 0.0593 e. The van der Waals surface area contributed by atoms with E-state index in [9.17, 15) is 0 Å². The molecule has 13 heavy (non-hydrogen) atoms. The summed E-state index contributed by atoms with van der Waals surface area (Å²) in [5, 5.41) is 0. The molecule has 2 N–H and O–H groups in total. The van der Waals surface area contributed by atoms with Gasteiger partial charge in [-0.3, -0.25) is 0 Å². The third-order valence-electron chi connectivity index (χ3n) is 2.81. The summed E-state index contributed by atoms with van der Waals surface area (Å²) >= 11 is 0. The van der Waals surface area contributed by atoms with E-state index in [0.29, 0.717) is 12.0 Å². The maximum absolute atomic E-state index is 5.94. The van der Waals surface area contributed by atoms with E-state index in [1.807, 2.05) is 6.92 Å². The molecule has 1 fully saturated rings. The van der Waals surface area contributed by atoms with E-state index in [1.54, 1.807) is 0 Å². The molecule has 0 aliphatic carbocycles. The molecule has 0 spiro atoms. The first-order valence-electron chi connectivity index (χ1n) is 5.29. The van der Waals surface area contributed by atoms with Gasteiger partial charge in [0.25, 0.3) is 0 Å². The molecule has 0 aromatic carbocycles. The Kier molecular flexibility index (Phi) is 4.70. The number of nitrogens with two attached hydrogens (primary N) is 1. The fourth-order valence-corrected chi connectivity index (χ4v) is 1.79. The number of piperidine rings is 1. The Morgan fingerprint density at radius 2 is 2.31 bits per heavy atom. The van der Waals surface area contributed by atoms with Gasteiger partial charge in [0.05, 0.1) is 6.61 Å². The molecule has 0 bridgehead atoms. The Hall–Kier alpha value is -0.120. The second-order valence-electron chi connectivity index (χ2n) is 3.93. The Balaban J connectivity index is 2.14. The lowest BCUT2D eigenvalue weighted by Crippen LogP contribution is -2.46. The smallest absolute Gasteiger partial charge is 0.0593 e. The summed E-state index contributed by atoms with van der Waals surface area (Å²) in [4.78, 5) is 2.45. The van der Waals surface area contributed by atoms with E-state index < -0.39 is 0 Å². The first-order chi connectivity index (χ1) is 6.24. The zero-order chi connectivity index (χ0) is 9.68. The van der Waals surface area contributed by atoms with Gasteiger partial charge in [0.15, 0.2) is 0 Å². The molecular formula is C10H22N2O. The van der Waals surface area contributed by atoms with E-state index in [0.717, 1.165) is 39.3 Å². The van der Waals surface area contributed by atoms with E-state index in [-0.39, 0.29) is 0 Å². The van der Waals surface area contributed by atoms with E-state index in [1.165, 1.54) is 0 Å². The zero-order valence-electron chi connectivity index (χ0n) is 8.83. The third kappa shape index (κ3) is 3.63. The van der Waals surface area contributed by atoms with Gasteiger partial charge in [-0.2, -0.15) is 0 Å². The number of hydrogen-bond donors (Lipinski definition) is 1. The van der Waals surface area contributed by atoms with Crippen LogP contribution in [0.1, 0.15) is 20.3 Å². The highest BCUT2D eigenvalue weighted by Crippen LogP contribution is 2.14. The second kappa shape index (κ2) is 5.58. The lowest BCUT2D eigenvalue weighted by atomic mass is 9.95. The van der Waals surface area contributed by atoms with Gasteiger partial charge in [0.1, 0.15) is 0 Å². The molecule has 1 aliphatic heterocycles. The van der Waals surface area contributed by atoms with Crippen molar-refractivity contribution >= 4 is 0 Å². The van der Waals surface area contributed by atoms with Crippen molar-refractivity contribution in [3.05, 3.63) is 0 Å². The minimum atomic E-state index is 0.406. The zero-order valence-corrected chi connectivity index (χ0v) is 8.83. The molecule has 1 rings (SSSR count). The molecule has 1 heterocycles. The summed E-state index contributed by atoms with van der Waals surface area (Å²) in [7, 11) is 0. The van der Waals surface area contributed by atoms with Crippen LogP contribution < -0.4 is 5.73 Å². The van der Waals surface area contributed by atoms with Crippen molar-refractivity contribution in [1.29, 1.82) is 0 Å². The van der Waals surface area contributed by atoms with Gasteiger partial charge < -0.3 is 15.4 Å². The second-order valence-corrected chi connectivity index (χ2v) is 3.93. The largest absolute Gasteiger partial charge is 0.380 e. The average Bonchev–Trinajstić information content (AvgIpc) is 2.12. The van der Waals surface area contributed by atoms with Crippen LogP contribution in [0.25, 0.3) is 0 Å². The quantitative estimate of drug-likeness (QED) is 0.657. The summed E-state index contributed by atoms with van der Waals surface area (Å²) in [6.07, 6.45) is 1.13. The van der Waals surface area contributed by atoms with Crippen LogP contribution in [0.4, 0.5) is 0 Å². The summed E-state index contributed by atoms with van der Waals surface area (Å²) in [6, 6.07) is 0.406. The van der Waals surface area contributed by atoms with Crippen molar-refractivity contribution in [2.75, 3.05) is 32.8 Å². The maximum atomic E-state index is 5.94. The van der Waals surface area contributed by atoms with Gasteiger partial charge in [-0.1, -0.05) is 6.92 Å². The molecule has 0 saturated carbocycles. The van der Waals surface area contributed by atoms with Crippen LogP contribution in [0.2, 0.25) is 0 Å². The third-order valence-corrected chi connectivity index (χ3v) is 2.81. The number of hydrogen-bond acceptors (Lipinski definition) is 3. The number of ether oxygens (including phenoxy) is 1. The van der Waals surface area contributed by atoms with E-state index in [2.05, 4.69) is 11.8 Å². The average molecular weight is 186 g/mol. The van der Waals surface area contributed by atoms with Crippen molar-refractivity contribution < 1.29 is 4.74 Å². The van der Waals surface area contributed by atoms with Crippen LogP contribution in [-0.4, -0.2) is 43.8 Å². The van der Waals surface area contributed by atoms with Gasteiger partial charge in [0, 0.05) is 25.7 Å². The Morgan fingerprint density at radius 1 is 1.54 bits per heavy atom. The first kappa shape index (κ1) is 11.0. The van der Waals surface area contributed by atoms with E-state index in [4.69, 9.17) is 10.5 Å². The van der Waals surface area contributed by atoms with Crippen LogP contribution in [0, 0.1) is 5.92 Å². The highest BCUT2D eigenvalue weighted by atomic mass is 16.5. The molecule has 78 valence electrons. The minimum Gasteiger partial charge on any atom is -0.380 e. The van der Waals surface area contributed by atoms with Gasteiger partial charge in [-0.25, -0.2) is 0 Å². The number of likely N-dealkylation sites (tertiary alicyclic amines) is 1. The van der Waals surface area contributed by atoms with Crippen LogP contribution >= 0.6 is 0 Å². The van der Waals surface area contributed by atoms with E-state index >= 15 is 0 Å². The fraction of sp³-hybridized carbons (Fsp3) is 1.00. The van der Waals surface area contributed by atoms with Crippen LogP contribution in [-0.2, 0) is 4.74 Å². The first-order valence-corrected chi connectivity index (χ1v) is 5.29. The summed E-state index contributed by atoms with van der Waals surface area (Å²) in [5.74, 6) is 0.635. The normalized spacial score (nSPS) is 30.7. The van der Waals surface area contributed by atoms with Gasteiger partial charge in [-0.05, 0) is 25.8 Å².